The van der Waals surface area contributed by atoms with Crippen molar-refractivity contribution in [3.8, 4) is 0 Å². The van der Waals surface area contributed by atoms with Crippen LogP contribution in [0.5, 0.6) is 0 Å². The van der Waals surface area contributed by atoms with Gasteiger partial charge in [0.15, 0.2) is 0 Å². The van der Waals surface area contributed by atoms with Crippen molar-refractivity contribution in [3.63, 3.8) is 0 Å². The highest BCUT2D eigenvalue weighted by Gasteiger charge is 2.40. The molecule has 2 amide bonds. The lowest BCUT2D eigenvalue weighted by Gasteiger charge is -2.24. The van der Waals surface area contributed by atoms with Crippen LogP contribution in [0, 0.1) is 6.92 Å². The number of hydrogen-bond donors (Lipinski definition) is 1. The highest BCUT2D eigenvalue weighted by molar-refractivity contribution is 5.70. The molecule has 8 heteroatoms. The number of nitrogens with zero attached hydrogens (tertiary/aromatic N) is 3. The van der Waals surface area contributed by atoms with Gasteiger partial charge in [0.1, 0.15) is 11.2 Å². The number of aryl methyl sites for hydroxylation is 1. The fourth-order valence-corrected chi connectivity index (χ4v) is 2.75. The Morgan fingerprint density at radius 2 is 1.73 bits per heavy atom. The zero-order valence-corrected chi connectivity index (χ0v) is 16.7. The number of rotatable bonds is 2. The lowest BCUT2D eigenvalue weighted by atomic mass is 10.2. The van der Waals surface area contributed by atoms with E-state index in [2.05, 4.69) is 10.4 Å². The minimum atomic E-state index is -0.592. The van der Waals surface area contributed by atoms with Crippen LogP contribution in [0.15, 0.2) is 12.4 Å². The second kappa shape index (κ2) is 7.17. The molecule has 8 nitrogen and oxygen atoms in total. The van der Waals surface area contributed by atoms with Crippen molar-refractivity contribution in [2.75, 3.05) is 13.1 Å². The molecule has 0 aliphatic carbocycles. The molecular weight excluding hydrogens is 336 g/mol. The summed E-state index contributed by atoms with van der Waals surface area (Å²) in [6.07, 6.45) is 2.73. The number of nitrogens with one attached hydrogen (secondary N) is 1. The summed E-state index contributed by atoms with van der Waals surface area (Å²) in [5, 5.41) is 7.21. The Morgan fingerprint density at radius 3 is 2.23 bits per heavy atom. The molecule has 2 rings (SSSR count). The highest BCUT2D eigenvalue weighted by atomic mass is 16.6. The summed E-state index contributed by atoms with van der Waals surface area (Å²) in [7, 11) is 0. The van der Waals surface area contributed by atoms with Gasteiger partial charge >= 0.3 is 12.2 Å². The van der Waals surface area contributed by atoms with Gasteiger partial charge in [0.05, 0.1) is 18.3 Å². The van der Waals surface area contributed by atoms with Crippen molar-refractivity contribution in [2.45, 2.75) is 71.8 Å². The number of alkyl carbamates (subject to hydrolysis) is 1. The van der Waals surface area contributed by atoms with Gasteiger partial charge in [-0.3, -0.25) is 4.68 Å². The predicted molar refractivity (Wildman–Crippen MR) is 97.0 cm³/mol. The van der Waals surface area contributed by atoms with Crippen LogP contribution in [0.25, 0.3) is 0 Å². The number of ether oxygens (including phenoxy) is 2. The van der Waals surface area contributed by atoms with Crippen molar-refractivity contribution in [1.29, 1.82) is 0 Å². The number of carbonyl (C=O) groups is 2. The summed E-state index contributed by atoms with van der Waals surface area (Å²) in [5.41, 5.74) is -0.159. The quantitative estimate of drug-likeness (QED) is 0.870. The standard InChI is InChI=1S/C18H30N4O4/c1-12-8-19-22(9-12)14-11-21(16(24)26-18(5,6)7)10-13(14)20-15(23)25-17(2,3)4/h8-9,13-14H,10-11H2,1-7H3,(H,20,23)/t13-,14-/m1/s1. The molecule has 1 aromatic rings. The topological polar surface area (TPSA) is 85.7 Å². The van der Waals surface area contributed by atoms with Crippen LogP contribution in [0.2, 0.25) is 0 Å². The van der Waals surface area contributed by atoms with Gasteiger partial charge in [-0.05, 0) is 54.0 Å². The Kier molecular flexibility index (Phi) is 5.53. The van der Waals surface area contributed by atoms with Gasteiger partial charge in [-0.1, -0.05) is 0 Å². The van der Waals surface area contributed by atoms with E-state index >= 15 is 0 Å². The lowest BCUT2D eigenvalue weighted by molar-refractivity contribution is 0.0279. The normalized spacial score (nSPS) is 20.8. The Balaban J connectivity index is 2.14. The summed E-state index contributed by atoms with van der Waals surface area (Å²) in [6, 6.07) is -0.514. The molecule has 0 aromatic carbocycles. The number of carbonyl (C=O) groups excluding carboxylic acids is 2. The van der Waals surface area contributed by atoms with Gasteiger partial charge in [-0.25, -0.2) is 9.59 Å². The number of aromatic nitrogens is 2. The van der Waals surface area contributed by atoms with Crippen molar-refractivity contribution in [1.82, 2.24) is 20.0 Å². The van der Waals surface area contributed by atoms with Crippen LogP contribution in [0.3, 0.4) is 0 Å². The van der Waals surface area contributed by atoms with E-state index in [-0.39, 0.29) is 12.1 Å². The third-order valence-electron chi connectivity index (χ3n) is 3.71. The molecule has 0 saturated carbocycles. The summed E-state index contributed by atoms with van der Waals surface area (Å²) >= 11 is 0. The molecule has 146 valence electrons. The number of hydrogen-bond acceptors (Lipinski definition) is 5. The van der Waals surface area contributed by atoms with Gasteiger partial charge in [0.2, 0.25) is 0 Å². The molecule has 1 saturated heterocycles. The third-order valence-corrected chi connectivity index (χ3v) is 3.71. The SMILES string of the molecule is Cc1cnn([C@@H]2CN(C(=O)OC(C)(C)C)C[C@H]2NC(=O)OC(C)(C)C)c1. The Morgan fingerprint density at radius 1 is 1.12 bits per heavy atom. The Bertz CT molecular complexity index is 657. The Labute approximate surface area is 154 Å². The second-order valence-corrected chi connectivity index (χ2v) is 8.70. The van der Waals surface area contributed by atoms with E-state index in [0.29, 0.717) is 13.1 Å². The molecule has 1 aliphatic heterocycles. The first-order chi connectivity index (χ1) is 11.8. The van der Waals surface area contributed by atoms with Crippen LogP contribution < -0.4 is 5.32 Å². The summed E-state index contributed by atoms with van der Waals surface area (Å²) in [5.74, 6) is 0. The maximum absolute atomic E-state index is 12.4. The van der Waals surface area contributed by atoms with Gasteiger partial charge in [-0.15, -0.1) is 0 Å². The highest BCUT2D eigenvalue weighted by Crippen LogP contribution is 2.24. The molecule has 1 aromatic heterocycles. The maximum Gasteiger partial charge on any atom is 0.410 e. The molecular formula is C18H30N4O4. The first-order valence-electron chi connectivity index (χ1n) is 8.82. The molecule has 0 bridgehead atoms. The summed E-state index contributed by atoms with van der Waals surface area (Å²) < 4.78 is 12.6. The summed E-state index contributed by atoms with van der Waals surface area (Å²) in [4.78, 5) is 26.2. The zero-order valence-electron chi connectivity index (χ0n) is 16.7. The summed E-state index contributed by atoms with van der Waals surface area (Å²) in [6.45, 7) is 13.6. The van der Waals surface area contributed by atoms with Gasteiger partial charge in [0.25, 0.3) is 0 Å². The van der Waals surface area contributed by atoms with E-state index in [0.717, 1.165) is 5.56 Å². The van der Waals surface area contributed by atoms with Crippen molar-refractivity contribution in [3.05, 3.63) is 18.0 Å². The monoisotopic (exact) mass is 366 g/mol. The van der Waals surface area contributed by atoms with E-state index in [1.165, 1.54) is 0 Å². The largest absolute Gasteiger partial charge is 0.444 e. The van der Waals surface area contributed by atoms with Gasteiger partial charge in [-0.2, -0.15) is 5.10 Å². The molecule has 1 fully saturated rings. The number of likely N-dealkylation sites (tertiary alicyclic amines) is 1. The minimum Gasteiger partial charge on any atom is -0.444 e. The Hall–Kier alpha value is -2.25. The second-order valence-electron chi connectivity index (χ2n) is 8.70. The van der Waals surface area contributed by atoms with E-state index in [4.69, 9.17) is 9.47 Å². The fraction of sp³-hybridized carbons (Fsp3) is 0.722. The van der Waals surface area contributed by atoms with E-state index in [9.17, 15) is 9.59 Å². The van der Waals surface area contributed by atoms with Gasteiger partial charge in [0, 0.05) is 19.3 Å². The lowest BCUT2D eigenvalue weighted by Crippen LogP contribution is -2.44. The van der Waals surface area contributed by atoms with Crippen LogP contribution in [-0.4, -0.2) is 57.2 Å². The fourth-order valence-electron chi connectivity index (χ4n) is 2.75. The molecule has 0 radical (unpaired) electrons. The van der Waals surface area contributed by atoms with E-state index in [1.54, 1.807) is 15.8 Å². The van der Waals surface area contributed by atoms with Crippen LogP contribution in [0.4, 0.5) is 9.59 Å². The molecule has 26 heavy (non-hydrogen) atoms. The number of amides is 2. The van der Waals surface area contributed by atoms with E-state index < -0.39 is 23.4 Å². The third kappa shape index (κ3) is 5.64. The van der Waals surface area contributed by atoms with Crippen molar-refractivity contribution >= 4 is 12.2 Å². The smallest absolute Gasteiger partial charge is 0.410 e. The minimum absolute atomic E-state index is 0.191. The molecule has 0 spiro atoms. The molecule has 2 heterocycles. The molecule has 0 unspecified atom stereocenters. The van der Waals surface area contributed by atoms with Gasteiger partial charge < -0.3 is 19.7 Å². The first kappa shape index (κ1) is 20.1. The van der Waals surface area contributed by atoms with Crippen molar-refractivity contribution < 1.29 is 19.1 Å². The first-order valence-corrected chi connectivity index (χ1v) is 8.82. The van der Waals surface area contributed by atoms with Crippen LogP contribution in [0.1, 0.15) is 53.1 Å². The average molecular weight is 366 g/mol. The maximum atomic E-state index is 12.4. The van der Waals surface area contributed by atoms with Crippen molar-refractivity contribution in [2.24, 2.45) is 0 Å². The van der Waals surface area contributed by atoms with E-state index in [1.807, 2.05) is 54.7 Å². The molecule has 1 N–H and O–H groups in total. The predicted octanol–water partition coefficient (Wildman–Crippen LogP) is 2.88. The van der Waals surface area contributed by atoms with Crippen LogP contribution in [-0.2, 0) is 9.47 Å². The molecule has 2 atom stereocenters. The zero-order chi connectivity index (χ0) is 19.7. The van der Waals surface area contributed by atoms with Crippen LogP contribution >= 0.6 is 0 Å². The molecule has 1 aliphatic rings. The average Bonchev–Trinajstić information content (AvgIpc) is 3.00.